The van der Waals surface area contributed by atoms with Crippen LogP contribution in [0.4, 0.5) is 0 Å². The zero-order valence-electron chi connectivity index (χ0n) is 11.7. The van der Waals surface area contributed by atoms with Crippen LogP contribution in [0.2, 0.25) is 0 Å². The van der Waals surface area contributed by atoms with Crippen LogP contribution in [-0.4, -0.2) is 21.8 Å². The lowest BCUT2D eigenvalue weighted by atomic mass is 10.1. The Morgan fingerprint density at radius 2 is 1.95 bits per heavy atom. The van der Waals surface area contributed by atoms with E-state index in [1.807, 2.05) is 47.5 Å². The Kier molecular flexibility index (Phi) is 4.34. The maximum absolute atomic E-state index is 12.6. The molecule has 108 valence electrons. The number of carbonyl (C=O) groups is 1. The van der Waals surface area contributed by atoms with E-state index in [4.69, 9.17) is 0 Å². The van der Waals surface area contributed by atoms with E-state index >= 15 is 0 Å². The second-order valence-electron chi connectivity index (χ2n) is 5.42. The number of rotatable bonds is 5. The van der Waals surface area contributed by atoms with Gasteiger partial charge in [0, 0.05) is 29.5 Å². The van der Waals surface area contributed by atoms with E-state index < -0.39 is 0 Å². The summed E-state index contributed by atoms with van der Waals surface area (Å²) < 4.78 is 1.04. The normalized spacial score (nSPS) is 14.0. The molecular formula is C17H17BrN2O. The van der Waals surface area contributed by atoms with Gasteiger partial charge >= 0.3 is 0 Å². The fourth-order valence-corrected chi connectivity index (χ4v) is 2.64. The lowest BCUT2D eigenvalue weighted by molar-refractivity contribution is -0.131. The Labute approximate surface area is 133 Å². The third-order valence-electron chi connectivity index (χ3n) is 3.65. The van der Waals surface area contributed by atoms with Crippen LogP contribution in [0.5, 0.6) is 0 Å². The lowest BCUT2D eigenvalue weighted by Crippen LogP contribution is -2.33. The number of pyridine rings is 1. The topological polar surface area (TPSA) is 33.2 Å². The highest BCUT2D eigenvalue weighted by atomic mass is 79.9. The maximum Gasteiger partial charge on any atom is 0.227 e. The maximum atomic E-state index is 12.6. The van der Waals surface area contributed by atoms with Gasteiger partial charge in [0.1, 0.15) is 0 Å². The van der Waals surface area contributed by atoms with Crippen LogP contribution in [0.25, 0.3) is 0 Å². The number of nitrogens with zero attached hydrogens (tertiary/aromatic N) is 2. The van der Waals surface area contributed by atoms with Gasteiger partial charge in [0.15, 0.2) is 0 Å². The molecule has 4 heteroatoms. The minimum absolute atomic E-state index is 0.198. The highest BCUT2D eigenvalue weighted by Crippen LogP contribution is 2.29. The van der Waals surface area contributed by atoms with E-state index in [-0.39, 0.29) is 5.91 Å². The number of aromatic nitrogens is 1. The molecule has 0 saturated heterocycles. The summed E-state index contributed by atoms with van der Waals surface area (Å²) in [6.45, 7) is 0.661. The Bertz CT molecular complexity index is 608. The van der Waals surface area contributed by atoms with Gasteiger partial charge in [-0.25, -0.2) is 0 Å². The van der Waals surface area contributed by atoms with Crippen molar-refractivity contribution in [2.45, 2.75) is 31.8 Å². The molecule has 0 N–H and O–H groups in total. The van der Waals surface area contributed by atoms with Gasteiger partial charge in [-0.1, -0.05) is 34.1 Å². The van der Waals surface area contributed by atoms with Crippen LogP contribution in [-0.2, 0) is 17.8 Å². The van der Waals surface area contributed by atoms with E-state index in [9.17, 15) is 4.79 Å². The van der Waals surface area contributed by atoms with Crippen molar-refractivity contribution in [1.82, 2.24) is 9.88 Å². The number of hydrogen-bond donors (Lipinski definition) is 0. The van der Waals surface area contributed by atoms with E-state index in [1.54, 1.807) is 6.20 Å². The summed E-state index contributed by atoms with van der Waals surface area (Å²) in [5.74, 6) is 0.198. The quantitative estimate of drug-likeness (QED) is 0.830. The molecule has 0 bridgehead atoms. The molecule has 0 unspecified atom stereocenters. The minimum Gasteiger partial charge on any atom is -0.335 e. The fraction of sp³-hybridized carbons (Fsp3) is 0.294. The smallest absolute Gasteiger partial charge is 0.227 e. The van der Waals surface area contributed by atoms with Crippen molar-refractivity contribution >= 4 is 21.8 Å². The van der Waals surface area contributed by atoms with Crippen LogP contribution in [0.3, 0.4) is 0 Å². The molecule has 0 spiro atoms. The summed E-state index contributed by atoms with van der Waals surface area (Å²) >= 11 is 3.42. The lowest BCUT2D eigenvalue weighted by Gasteiger charge is -2.22. The summed E-state index contributed by atoms with van der Waals surface area (Å²) in [4.78, 5) is 18.7. The number of carbonyl (C=O) groups excluding carboxylic acids is 1. The Morgan fingerprint density at radius 1 is 1.19 bits per heavy atom. The van der Waals surface area contributed by atoms with Crippen molar-refractivity contribution in [3.8, 4) is 0 Å². The first kappa shape index (κ1) is 14.3. The molecule has 1 saturated carbocycles. The van der Waals surface area contributed by atoms with Crippen LogP contribution in [0, 0.1) is 0 Å². The van der Waals surface area contributed by atoms with Gasteiger partial charge in [0.25, 0.3) is 0 Å². The average Bonchev–Trinajstić information content (AvgIpc) is 3.33. The largest absolute Gasteiger partial charge is 0.335 e. The fourth-order valence-electron chi connectivity index (χ4n) is 2.37. The van der Waals surface area contributed by atoms with Crippen molar-refractivity contribution in [1.29, 1.82) is 0 Å². The van der Waals surface area contributed by atoms with Gasteiger partial charge in [-0.05, 0) is 42.2 Å². The molecule has 0 radical (unpaired) electrons. The second-order valence-corrected chi connectivity index (χ2v) is 6.33. The van der Waals surface area contributed by atoms with Crippen molar-refractivity contribution in [3.05, 3.63) is 64.4 Å². The SMILES string of the molecule is O=C(Cc1ccc(Br)cc1)N(Cc1cccnc1)C1CC1. The van der Waals surface area contributed by atoms with Crippen molar-refractivity contribution < 1.29 is 4.79 Å². The highest BCUT2D eigenvalue weighted by molar-refractivity contribution is 9.10. The molecule has 3 nitrogen and oxygen atoms in total. The highest BCUT2D eigenvalue weighted by Gasteiger charge is 2.32. The molecule has 1 amide bonds. The molecule has 2 aromatic rings. The van der Waals surface area contributed by atoms with Gasteiger partial charge in [0.05, 0.1) is 6.42 Å². The first-order chi connectivity index (χ1) is 10.2. The standard InChI is InChI=1S/C17H17BrN2O/c18-15-5-3-13(4-6-15)10-17(21)20(16-7-8-16)12-14-2-1-9-19-11-14/h1-6,9,11,16H,7-8,10,12H2. The zero-order valence-corrected chi connectivity index (χ0v) is 13.3. The van der Waals surface area contributed by atoms with Crippen LogP contribution >= 0.6 is 15.9 Å². The predicted molar refractivity (Wildman–Crippen MR) is 85.7 cm³/mol. The van der Waals surface area contributed by atoms with E-state index in [0.717, 1.165) is 28.4 Å². The number of halogens is 1. The van der Waals surface area contributed by atoms with Crippen LogP contribution < -0.4 is 0 Å². The van der Waals surface area contributed by atoms with Gasteiger partial charge in [0.2, 0.25) is 5.91 Å². The van der Waals surface area contributed by atoms with Crippen molar-refractivity contribution in [2.75, 3.05) is 0 Å². The predicted octanol–water partition coefficient (Wildman–Crippen LogP) is 3.58. The summed E-state index contributed by atoms with van der Waals surface area (Å²) in [5, 5.41) is 0. The minimum atomic E-state index is 0.198. The van der Waals surface area contributed by atoms with Gasteiger partial charge in [-0.3, -0.25) is 9.78 Å². The molecule has 1 aliphatic rings. The molecule has 1 aliphatic carbocycles. The molecular weight excluding hydrogens is 328 g/mol. The van der Waals surface area contributed by atoms with Crippen LogP contribution in [0.15, 0.2) is 53.3 Å². The van der Waals surface area contributed by atoms with Gasteiger partial charge in [-0.2, -0.15) is 0 Å². The average molecular weight is 345 g/mol. The first-order valence-electron chi connectivity index (χ1n) is 7.15. The molecule has 1 heterocycles. The summed E-state index contributed by atoms with van der Waals surface area (Å²) in [6.07, 6.45) is 6.29. The van der Waals surface area contributed by atoms with E-state index in [0.29, 0.717) is 19.0 Å². The molecule has 3 rings (SSSR count). The zero-order chi connectivity index (χ0) is 14.7. The van der Waals surface area contributed by atoms with E-state index in [2.05, 4.69) is 20.9 Å². The summed E-state index contributed by atoms with van der Waals surface area (Å²) in [5.41, 5.74) is 2.15. The summed E-state index contributed by atoms with van der Waals surface area (Å²) in [6, 6.07) is 12.3. The molecule has 1 aromatic carbocycles. The van der Waals surface area contributed by atoms with E-state index in [1.165, 1.54) is 0 Å². The van der Waals surface area contributed by atoms with Gasteiger partial charge < -0.3 is 4.90 Å². The molecule has 1 fully saturated rings. The molecule has 1 aromatic heterocycles. The number of benzene rings is 1. The van der Waals surface area contributed by atoms with Crippen molar-refractivity contribution in [2.24, 2.45) is 0 Å². The second kappa shape index (κ2) is 6.39. The third-order valence-corrected chi connectivity index (χ3v) is 4.18. The van der Waals surface area contributed by atoms with Crippen molar-refractivity contribution in [3.63, 3.8) is 0 Å². The third kappa shape index (κ3) is 3.91. The Balaban J connectivity index is 1.69. The Hall–Kier alpha value is -1.68. The van der Waals surface area contributed by atoms with Crippen LogP contribution in [0.1, 0.15) is 24.0 Å². The molecule has 0 aliphatic heterocycles. The molecule has 0 atom stereocenters. The number of hydrogen-bond acceptors (Lipinski definition) is 2. The summed E-state index contributed by atoms with van der Waals surface area (Å²) in [7, 11) is 0. The Morgan fingerprint density at radius 3 is 2.57 bits per heavy atom. The first-order valence-corrected chi connectivity index (χ1v) is 7.94. The van der Waals surface area contributed by atoms with Gasteiger partial charge in [-0.15, -0.1) is 0 Å². The number of amides is 1. The monoisotopic (exact) mass is 344 g/mol. The molecule has 21 heavy (non-hydrogen) atoms.